The Balaban J connectivity index is 1.55. The Morgan fingerprint density at radius 2 is 2.00 bits per heavy atom. The molecule has 0 amide bonds. The van der Waals surface area contributed by atoms with Gasteiger partial charge in [0, 0.05) is 28.2 Å². The third-order valence-corrected chi connectivity index (χ3v) is 7.35. The van der Waals surface area contributed by atoms with Gasteiger partial charge in [0.15, 0.2) is 0 Å². The van der Waals surface area contributed by atoms with Crippen LogP contribution in [-0.2, 0) is 17.9 Å². The van der Waals surface area contributed by atoms with E-state index in [1.807, 2.05) is 41.8 Å². The maximum Gasteiger partial charge on any atom is 0.307 e. The van der Waals surface area contributed by atoms with Gasteiger partial charge in [-0.3, -0.25) is 9.78 Å². The number of rotatable bonds is 7. The lowest BCUT2D eigenvalue weighted by Crippen LogP contribution is -2.28. The van der Waals surface area contributed by atoms with Crippen LogP contribution in [0.2, 0.25) is 0 Å². The molecule has 1 fully saturated rings. The van der Waals surface area contributed by atoms with Crippen LogP contribution in [-0.4, -0.2) is 25.6 Å². The number of carboxylic acid groups (broad SMARTS) is 1. The molecule has 0 saturated heterocycles. The molecule has 0 radical (unpaired) electrons. The second-order valence-corrected chi connectivity index (χ2v) is 10.3. The third-order valence-electron chi connectivity index (χ3n) is 6.86. The number of imidazole rings is 1. The molecule has 5 rings (SSSR count). The minimum absolute atomic E-state index is 0.236. The van der Waals surface area contributed by atoms with Crippen LogP contribution in [0.1, 0.15) is 54.2 Å². The van der Waals surface area contributed by atoms with Crippen molar-refractivity contribution in [2.45, 2.75) is 51.7 Å². The number of benzene rings is 2. The topological polar surface area (TPSA) is 77.2 Å². The van der Waals surface area contributed by atoms with Crippen molar-refractivity contribution in [2.75, 3.05) is 0 Å². The molecule has 2 aromatic carbocycles. The predicted octanol–water partition coefficient (Wildman–Crippen LogP) is 6.63. The summed E-state index contributed by atoms with van der Waals surface area (Å²) in [6.45, 7) is 2.54. The number of pyridine rings is 1. The lowest BCUT2D eigenvalue weighted by molar-refractivity contribution is -0.143. The smallest absolute Gasteiger partial charge is 0.307 e. The highest BCUT2D eigenvalue weighted by Gasteiger charge is 2.35. The summed E-state index contributed by atoms with van der Waals surface area (Å²) >= 11 is 3.44. The molecule has 6 nitrogen and oxygen atoms in total. The van der Waals surface area contributed by atoms with Gasteiger partial charge in [0.1, 0.15) is 24.0 Å². The van der Waals surface area contributed by atoms with Gasteiger partial charge in [0.2, 0.25) is 0 Å². The molecule has 1 aliphatic rings. The van der Waals surface area contributed by atoms with E-state index in [0.29, 0.717) is 30.2 Å². The number of aliphatic carboxylic acids is 1. The minimum Gasteiger partial charge on any atom is -0.487 e. The van der Waals surface area contributed by atoms with Gasteiger partial charge in [0.25, 0.3) is 0 Å². The molecule has 36 heavy (non-hydrogen) atoms. The highest BCUT2D eigenvalue weighted by atomic mass is 79.9. The van der Waals surface area contributed by atoms with Crippen LogP contribution in [0.15, 0.2) is 59.2 Å². The molecule has 186 valence electrons. The summed E-state index contributed by atoms with van der Waals surface area (Å²) < 4.78 is 23.5. The number of fused-ring (bicyclic) bond motifs is 1. The van der Waals surface area contributed by atoms with E-state index in [4.69, 9.17) is 9.72 Å². The number of aromatic nitrogens is 3. The summed E-state index contributed by atoms with van der Waals surface area (Å²) in [4.78, 5) is 21.4. The first-order valence-corrected chi connectivity index (χ1v) is 12.9. The first-order chi connectivity index (χ1) is 17.4. The number of aryl methyl sites for hydroxylation is 1. The van der Waals surface area contributed by atoms with Crippen molar-refractivity contribution in [3.63, 3.8) is 0 Å². The molecule has 1 aliphatic carbocycles. The fourth-order valence-corrected chi connectivity index (χ4v) is 5.38. The van der Waals surface area contributed by atoms with Crippen LogP contribution in [0.25, 0.3) is 11.0 Å². The third kappa shape index (κ3) is 5.14. The molecular formula is C28H27BrFN3O3. The molecule has 4 aromatic rings. The summed E-state index contributed by atoms with van der Waals surface area (Å²) in [6, 6.07) is 14.4. The zero-order chi connectivity index (χ0) is 25.2. The Kier molecular flexibility index (Phi) is 7.05. The lowest BCUT2D eigenvalue weighted by Gasteiger charge is -2.28. The van der Waals surface area contributed by atoms with E-state index in [1.54, 1.807) is 18.3 Å². The number of halogens is 2. The standard InChI is InChI=1S/C28H27BrFN3O3/c1-17-6-8-20(31-14-17)16-36-21-9-11-25-26(13-21)33(15-18-12-19(29)7-10-24(18)30)27(32-25)22-4-2-3-5-23(22)28(34)35/h6-14,22-23H,2-5,15-16H2,1H3,(H,34,35)/t22-,23+/m0/s1. The van der Waals surface area contributed by atoms with Crippen molar-refractivity contribution in [2.24, 2.45) is 5.92 Å². The second kappa shape index (κ2) is 10.4. The number of nitrogens with zero attached hydrogens (tertiary/aromatic N) is 3. The Bertz CT molecular complexity index is 1400. The van der Waals surface area contributed by atoms with E-state index in [2.05, 4.69) is 20.9 Å². The molecule has 2 atom stereocenters. The first kappa shape index (κ1) is 24.4. The van der Waals surface area contributed by atoms with E-state index in [1.165, 1.54) is 6.07 Å². The number of carbonyl (C=O) groups is 1. The van der Waals surface area contributed by atoms with Crippen LogP contribution < -0.4 is 4.74 Å². The largest absolute Gasteiger partial charge is 0.487 e. The van der Waals surface area contributed by atoms with Gasteiger partial charge >= 0.3 is 5.97 Å². The fourth-order valence-electron chi connectivity index (χ4n) is 4.97. The molecule has 0 spiro atoms. The summed E-state index contributed by atoms with van der Waals surface area (Å²) in [5.41, 5.74) is 3.92. The average molecular weight is 552 g/mol. The first-order valence-electron chi connectivity index (χ1n) is 12.1. The van der Waals surface area contributed by atoms with E-state index in [-0.39, 0.29) is 18.3 Å². The van der Waals surface area contributed by atoms with Gasteiger partial charge in [0.05, 0.1) is 29.2 Å². The van der Waals surface area contributed by atoms with E-state index in [9.17, 15) is 14.3 Å². The minimum atomic E-state index is -0.804. The van der Waals surface area contributed by atoms with Gasteiger partial charge < -0.3 is 14.4 Å². The second-order valence-electron chi connectivity index (χ2n) is 9.39. The van der Waals surface area contributed by atoms with Crippen LogP contribution >= 0.6 is 15.9 Å². The molecule has 1 N–H and O–H groups in total. The van der Waals surface area contributed by atoms with Crippen LogP contribution in [0.5, 0.6) is 5.75 Å². The summed E-state index contributed by atoms with van der Waals surface area (Å²) in [5.74, 6) is -0.534. The molecule has 1 saturated carbocycles. The Labute approximate surface area is 217 Å². The van der Waals surface area contributed by atoms with Gasteiger partial charge in [-0.05, 0) is 61.7 Å². The van der Waals surface area contributed by atoms with E-state index in [0.717, 1.165) is 46.0 Å². The molecule has 2 heterocycles. The Hall–Kier alpha value is -3.26. The highest BCUT2D eigenvalue weighted by Crippen LogP contribution is 2.39. The fraction of sp³-hybridized carbons (Fsp3) is 0.321. The van der Waals surface area contributed by atoms with Crippen LogP contribution in [0, 0.1) is 18.7 Å². The summed E-state index contributed by atoms with van der Waals surface area (Å²) in [7, 11) is 0. The monoisotopic (exact) mass is 551 g/mol. The number of hydrogen-bond acceptors (Lipinski definition) is 4. The maximum atomic E-state index is 14.8. The zero-order valence-corrected chi connectivity index (χ0v) is 21.5. The van der Waals surface area contributed by atoms with Crippen molar-refractivity contribution < 1.29 is 19.0 Å². The molecular weight excluding hydrogens is 525 g/mol. The normalized spacial score (nSPS) is 17.9. The Morgan fingerprint density at radius 3 is 2.78 bits per heavy atom. The summed E-state index contributed by atoms with van der Waals surface area (Å²) in [6.07, 6.45) is 4.99. The van der Waals surface area contributed by atoms with E-state index >= 15 is 0 Å². The van der Waals surface area contributed by atoms with Crippen molar-refractivity contribution in [1.29, 1.82) is 0 Å². The molecule has 0 aliphatic heterocycles. The molecule has 2 aromatic heterocycles. The van der Waals surface area contributed by atoms with Crippen LogP contribution in [0.3, 0.4) is 0 Å². The van der Waals surface area contributed by atoms with Gasteiger partial charge in [-0.25, -0.2) is 9.37 Å². The van der Waals surface area contributed by atoms with Crippen molar-refractivity contribution >= 4 is 32.9 Å². The summed E-state index contributed by atoms with van der Waals surface area (Å²) in [5, 5.41) is 9.92. The predicted molar refractivity (Wildman–Crippen MR) is 139 cm³/mol. The quantitative estimate of drug-likeness (QED) is 0.279. The Morgan fingerprint density at radius 1 is 1.17 bits per heavy atom. The van der Waals surface area contributed by atoms with Gasteiger partial charge in [-0.1, -0.05) is 34.8 Å². The number of ether oxygens (including phenoxy) is 1. The maximum absolute atomic E-state index is 14.8. The molecule has 0 bridgehead atoms. The van der Waals surface area contributed by atoms with Crippen molar-refractivity contribution in [3.05, 3.63) is 87.7 Å². The zero-order valence-electron chi connectivity index (χ0n) is 20.0. The molecule has 0 unspecified atom stereocenters. The lowest BCUT2D eigenvalue weighted by atomic mass is 9.78. The molecule has 8 heteroatoms. The highest BCUT2D eigenvalue weighted by molar-refractivity contribution is 9.10. The van der Waals surface area contributed by atoms with Crippen molar-refractivity contribution in [3.8, 4) is 5.75 Å². The number of hydrogen-bond donors (Lipinski definition) is 1. The van der Waals surface area contributed by atoms with Gasteiger partial charge in [-0.2, -0.15) is 0 Å². The van der Waals surface area contributed by atoms with E-state index < -0.39 is 11.9 Å². The van der Waals surface area contributed by atoms with Crippen molar-refractivity contribution in [1.82, 2.24) is 14.5 Å². The number of carboxylic acids is 1. The average Bonchev–Trinajstić information content (AvgIpc) is 3.23. The van der Waals surface area contributed by atoms with Gasteiger partial charge in [-0.15, -0.1) is 0 Å². The van der Waals surface area contributed by atoms with Crippen LogP contribution in [0.4, 0.5) is 4.39 Å². The SMILES string of the molecule is Cc1ccc(COc2ccc3nc([C@H]4CCCC[C@H]4C(=O)O)n(Cc4cc(Br)ccc4F)c3c2)nc1.